The number of nitrogen functional groups attached to an aromatic ring is 1. The van der Waals surface area contributed by atoms with Gasteiger partial charge in [-0.15, -0.1) is 11.6 Å². The van der Waals surface area contributed by atoms with Crippen molar-refractivity contribution in [2.75, 3.05) is 11.6 Å². The van der Waals surface area contributed by atoms with Crippen molar-refractivity contribution < 1.29 is 4.92 Å². The number of nitrogens with two attached hydrogens (primary N) is 1. The fourth-order valence-corrected chi connectivity index (χ4v) is 1.36. The summed E-state index contributed by atoms with van der Waals surface area (Å²) in [6.45, 7) is 1.78. The molecule has 0 saturated carbocycles. The first-order valence-electron chi connectivity index (χ1n) is 4.33. The van der Waals surface area contributed by atoms with Crippen LogP contribution >= 0.6 is 11.6 Å². The van der Waals surface area contributed by atoms with Gasteiger partial charge in [-0.1, -0.05) is 12.2 Å². The third kappa shape index (κ3) is 2.70. The highest BCUT2D eigenvalue weighted by Gasteiger charge is 2.14. The van der Waals surface area contributed by atoms with E-state index in [4.69, 9.17) is 17.3 Å². The Hall–Kier alpha value is -1.55. The van der Waals surface area contributed by atoms with Gasteiger partial charge in [0.05, 0.1) is 4.92 Å². The van der Waals surface area contributed by atoms with Crippen molar-refractivity contribution in [3.05, 3.63) is 39.4 Å². The van der Waals surface area contributed by atoms with E-state index in [2.05, 4.69) is 0 Å². The summed E-state index contributed by atoms with van der Waals surface area (Å²) in [6, 6.07) is 3.23. The van der Waals surface area contributed by atoms with E-state index in [-0.39, 0.29) is 11.4 Å². The summed E-state index contributed by atoms with van der Waals surface area (Å²) in [5.41, 5.74) is 7.19. The van der Waals surface area contributed by atoms with E-state index >= 15 is 0 Å². The van der Waals surface area contributed by atoms with Gasteiger partial charge >= 0.3 is 0 Å². The maximum atomic E-state index is 10.7. The Balaban J connectivity index is 3.28. The lowest BCUT2D eigenvalue weighted by Crippen LogP contribution is -1.98. The summed E-state index contributed by atoms with van der Waals surface area (Å²) in [6.07, 6.45) is 3.37. The van der Waals surface area contributed by atoms with Crippen molar-refractivity contribution in [2.45, 2.75) is 6.92 Å². The van der Waals surface area contributed by atoms with Gasteiger partial charge in [0.1, 0.15) is 5.69 Å². The Labute approximate surface area is 92.5 Å². The molecule has 0 unspecified atom stereocenters. The molecule has 4 nitrogen and oxygen atoms in total. The molecule has 0 heterocycles. The SMILES string of the molecule is Cc1cc(C=CCCl)c(N)c([N+](=O)[O-])c1. The standard InChI is InChI=1S/C10H11ClN2O2/c1-7-5-8(3-2-4-11)10(12)9(6-7)13(14)15/h2-3,5-6H,4,12H2,1H3. The van der Waals surface area contributed by atoms with E-state index in [1.165, 1.54) is 6.07 Å². The molecule has 1 rings (SSSR count). The zero-order valence-corrected chi connectivity index (χ0v) is 8.99. The van der Waals surface area contributed by atoms with Gasteiger partial charge in [-0.05, 0) is 18.6 Å². The van der Waals surface area contributed by atoms with E-state index in [9.17, 15) is 10.1 Å². The van der Waals surface area contributed by atoms with Crippen LogP contribution in [0.25, 0.3) is 6.08 Å². The second-order valence-electron chi connectivity index (χ2n) is 3.10. The van der Waals surface area contributed by atoms with Crippen molar-refractivity contribution >= 4 is 29.1 Å². The van der Waals surface area contributed by atoms with Gasteiger partial charge in [0.15, 0.2) is 0 Å². The molecule has 0 aliphatic carbocycles. The summed E-state index contributed by atoms with van der Waals surface area (Å²) < 4.78 is 0. The molecule has 0 bridgehead atoms. The zero-order valence-electron chi connectivity index (χ0n) is 8.24. The highest BCUT2D eigenvalue weighted by molar-refractivity contribution is 6.19. The van der Waals surface area contributed by atoms with E-state index in [0.717, 1.165) is 5.56 Å². The number of anilines is 1. The fraction of sp³-hybridized carbons (Fsp3) is 0.200. The van der Waals surface area contributed by atoms with Crippen molar-refractivity contribution in [2.24, 2.45) is 0 Å². The third-order valence-electron chi connectivity index (χ3n) is 1.92. The number of hydrogen-bond donors (Lipinski definition) is 1. The Kier molecular flexibility index (Phi) is 3.68. The minimum Gasteiger partial charge on any atom is -0.393 e. The van der Waals surface area contributed by atoms with Gasteiger partial charge in [-0.3, -0.25) is 10.1 Å². The first kappa shape index (κ1) is 11.5. The van der Waals surface area contributed by atoms with Gasteiger partial charge in [-0.25, -0.2) is 0 Å². The predicted molar refractivity (Wildman–Crippen MR) is 62.0 cm³/mol. The van der Waals surface area contributed by atoms with Crippen LogP contribution in [0.15, 0.2) is 18.2 Å². The third-order valence-corrected chi connectivity index (χ3v) is 2.10. The number of allylic oxidation sites excluding steroid dienone is 1. The number of nitro groups is 1. The first-order chi connectivity index (χ1) is 7.06. The molecule has 1 aromatic carbocycles. The predicted octanol–water partition coefficient (Wildman–Crippen LogP) is 2.74. The van der Waals surface area contributed by atoms with Crippen molar-refractivity contribution in [3.63, 3.8) is 0 Å². The molecule has 80 valence electrons. The van der Waals surface area contributed by atoms with Crippen molar-refractivity contribution in [3.8, 4) is 0 Å². The van der Waals surface area contributed by atoms with Gasteiger partial charge in [0, 0.05) is 17.5 Å². The minimum absolute atomic E-state index is 0.0655. The van der Waals surface area contributed by atoms with Crippen LogP contribution < -0.4 is 5.73 Å². The van der Waals surface area contributed by atoms with Crippen LogP contribution in [0.1, 0.15) is 11.1 Å². The van der Waals surface area contributed by atoms with E-state index < -0.39 is 4.92 Å². The molecule has 0 aliphatic rings. The molecule has 0 radical (unpaired) electrons. The molecule has 2 N–H and O–H groups in total. The number of hydrogen-bond acceptors (Lipinski definition) is 3. The van der Waals surface area contributed by atoms with Gasteiger partial charge in [0.2, 0.25) is 0 Å². The normalized spacial score (nSPS) is 10.8. The van der Waals surface area contributed by atoms with Gasteiger partial charge in [-0.2, -0.15) is 0 Å². The van der Waals surface area contributed by atoms with Crippen LogP contribution in [0.2, 0.25) is 0 Å². The highest BCUT2D eigenvalue weighted by atomic mass is 35.5. The van der Waals surface area contributed by atoms with Gasteiger partial charge < -0.3 is 5.73 Å². The molecule has 0 fully saturated rings. The summed E-state index contributed by atoms with van der Waals surface area (Å²) in [5, 5.41) is 10.7. The molecule has 15 heavy (non-hydrogen) atoms. The number of alkyl halides is 1. The van der Waals surface area contributed by atoms with Crippen LogP contribution in [0, 0.1) is 17.0 Å². The van der Waals surface area contributed by atoms with E-state index in [0.29, 0.717) is 11.4 Å². The largest absolute Gasteiger partial charge is 0.393 e. The Bertz CT molecular complexity index is 416. The molecular weight excluding hydrogens is 216 g/mol. The van der Waals surface area contributed by atoms with Crippen LogP contribution in [0.5, 0.6) is 0 Å². The molecule has 0 spiro atoms. The highest BCUT2D eigenvalue weighted by Crippen LogP contribution is 2.27. The molecule has 0 aliphatic heterocycles. The summed E-state index contributed by atoms with van der Waals surface area (Å²) in [7, 11) is 0. The average Bonchev–Trinajstić information content (AvgIpc) is 2.18. The molecule has 0 aromatic heterocycles. The van der Waals surface area contributed by atoms with E-state index in [1.807, 2.05) is 0 Å². The smallest absolute Gasteiger partial charge is 0.292 e. The number of aryl methyl sites for hydroxylation is 1. The molecule has 0 saturated heterocycles. The quantitative estimate of drug-likeness (QED) is 0.373. The van der Waals surface area contributed by atoms with Crippen molar-refractivity contribution in [1.82, 2.24) is 0 Å². The Morgan fingerprint density at radius 3 is 2.80 bits per heavy atom. The number of nitrogens with zero attached hydrogens (tertiary/aromatic N) is 1. The molecule has 1 aromatic rings. The van der Waals surface area contributed by atoms with Crippen LogP contribution in [0.3, 0.4) is 0 Å². The second kappa shape index (κ2) is 4.79. The summed E-state index contributed by atoms with van der Waals surface area (Å²) in [5.74, 6) is 0.348. The topological polar surface area (TPSA) is 69.2 Å². The number of halogens is 1. The van der Waals surface area contributed by atoms with Crippen molar-refractivity contribution in [1.29, 1.82) is 0 Å². The lowest BCUT2D eigenvalue weighted by Gasteiger charge is -2.03. The van der Waals surface area contributed by atoms with Gasteiger partial charge in [0.25, 0.3) is 5.69 Å². The maximum absolute atomic E-state index is 10.7. The van der Waals surface area contributed by atoms with Crippen LogP contribution in [0.4, 0.5) is 11.4 Å². The number of rotatable bonds is 3. The van der Waals surface area contributed by atoms with E-state index in [1.54, 1.807) is 25.1 Å². The summed E-state index contributed by atoms with van der Waals surface area (Å²) in [4.78, 5) is 10.2. The lowest BCUT2D eigenvalue weighted by molar-refractivity contribution is -0.383. The second-order valence-corrected chi connectivity index (χ2v) is 3.41. The molecule has 0 atom stereocenters. The zero-order chi connectivity index (χ0) is 11.4. The molecule has 5 heteroatoms. The average molecular weight is 227 g/mol. The van der Waals surface area contributed by atoms with Crippen LogP contribution in [-0.4, -0.2) is 10.8 Å². The summed E-state index contributed by atoms with van der Waals surface area (Å²) >= 11 is 5.48. The number of benzene rings is 1. The lowest BCUT2D eigenvalue weighted by atomic mass is 10.1. The number of nitro benzene ring substituents is 1. The Morgan fingerprint density at radius 2 is 2.27 bits per heavy atom. The monoisotopic (exact) mass is 226 g/mol. The Morgan fingerprint density at radius 1 is 1.60 bits per heavy atom. The maximum Gasteiger partial charge on any atom is 0.292 e. The van der Waals surface area contributed by atoms with Crippen LogP contribution in [-0.2, 0) is 0 Å². The molecular formula is C10H11ClN2O2. The minimum atomic E-state index is -0.486. The molecule has 0 amide bonds. The fourth-order valence-electron chi connectivity index (χ4n) is 1.27. The first-order valence-corrected chi connectivity index (χ1v) is 4.86.